The van der Waals surface area contributed by atoms with Crippen molar-refractivity contribution in [3.63, 3.8) is 0 Å². The largest absolute Gasteiger partial charge is 0.300 e. The highest BCUT2D eigenvalue weighted by molar-refractivity contribution is 5.95. The summed E-state index contributed by atoms with van der Waals surface area (Å²) in [7, 11) is 0. The molecule has 0 radical (unpaired) electrons. The van der Waals surface area contributed by atoms with Gasteiger partial charge in [-0.15, -0.1) is 0 Å². The van der Waals surface area contributed by atoms with E-state index in [-0.39, 0.29) is 17.6 Å². The maximum atomic E-state index is 11.6. The third-order valence-electron chi connectivity index (χ3n) is 2.55. The quantitative estimate of drug-likeness (QED) is 0.595. The van der Waals surface area contributed by atoms with E-state index in [0.29, 0.717) is 26.0 Å². The summed E-state index contributed by atoms with van der Waals surface area (Å²) in [5, 5.41) is 1.43. The lowest BCUT2D eigenvalue weighted by atomic mass is 9.83. The van der Waals surface area contributed by atoms with Crippen molar-refractivity contribution in [3.8, 4) is 0 Å². The molecular formula is C9H13NO3. The van der Waals surface area contributed by atoms with Crippen molar-refractivity contribution in [2.24, 2.45) is 5.92 Å². The van der Waals surface area contributed by atoms with Crippen LogP contribution in [-0.4, -0.2) is 29.9 Å². The number of hydrogen-bond acceptors (Lipinski definition) is 3. The van der Waals surface area contributed by atoms with Crippen LogP contribution >= 0.6 is 0 Å². The molecule has 72 valence electrons. The number of rotatable bonds is 1. The Morgan fingerprint density at radius 2 is 2.15 bits per heavy atom. The number of nitrogens with zero attached hydrogens (tertiary/aromatic N) is 1. The highest BCUT2D eigenvalue weighted by atomic mass is 16.7. The number of ketones is 1. The molecule has 1 amide bonds. The van der Waals surface area contributed by atoms with Gasteiger partial charge in [-0.25, -0.2) is 5.06 Å². The number of carbonyl (C=O) groups excluding carboxylic acids is 2. The van der Waals surface area contributed by atoms with Crippen molar-refractivity contribution in [1.82, 2.24) is 5.06 Å². The van der Waals surface area contributed by atoms with E-state index in [0.717, 1.165) is 12.8 Å². The van der Waals surface area contributed by atoms with Crippen molar-refractivity contribution in [2.75, 3.05) is 13.2 Å². The lowest BCUT2D eigenvalue weighted by molar-refractivity contribution is -0.203. The first-order chi connectivity index (χ1) is 6.27. The van der Waals surface area contributed by atoms with Gasteiger partial charge in [0.2, 0.25) is 5.91 Å². The van der Waals surface area contributed by atoms with Crippen LogP contribution in [0.2, 0.25) is 0 Å². The molecule has 0 unspecified atom stereocenters. The van der Waals surface area contributed by atoms with Crippen LogP contribution in [0.15, 0.2) is 0 Å². The smallest absolute Gasteiger partial charge is 0.250 e. The molecule has 1 saturated carbocycles. The van der Waals surface area contributed by atoms with Gasteiger partial charge in [-0.05, 0) is 12.8 Å². The van der Waals surface area contributed by atoms with E-state index in [9.17, 15) is 9.59 Å². The Kier molecular flexibility index (Phi) is 2.31. The predicted molar refractivity (Wildman–Crippen MR) is 44.6 cm³/mol. The van der Waals surface area contributed by atoms with E-state index in [1.54, 1.807) is 0 Å². The standard InChI is InChI=1S/C9H13NO3/c11-8-5-7(6-8)9(12)10-3-1-2-4-13-10/h7H,1-6H2. The molecule has 4 heteroatoms. The van der Waals surface area contributed by atoms with Crippen LogP contribution in [0.5, 0.6) is 0 Å². The fourth-order valence-corrected chi connectivity index (χ4v) is 1.64. The molecule has 2 aliphatic rings. The molecule has 1 aliphatic heterocycles. The maximum absolute atomic E-state index is 11.6. The van der Waals surface area contributed by atoms with Crippen LogP contribution in [0.4, 0.5) is 0 Å². The first-order valence-corrected chi connectivity index (χ1v) is 4.73. The Morgan fingerprint density at radius 1 is 1.38 bits per heavy atom. The summed E-state index contributed by atoms with van der Waals surface area (Å²) < 4.78 is 0. The second-order valence-electron chi connectivity index (χ2n) is 3.62. The van der Waals surface area contributed by atoms with E-state index < -0.39 is 0 Å². The number of amides is 1. The molecular weight excluding hydrogens is 170 g/mol. The molecule has 1 heterocycles. The summed E-state index contributed by atoms with van der Waals surface area (Å²) in [4.78, 5) is 27.5. The average Bonchev–Trinajstić information content (AvgIpc) is 2.13. The highest BCUT2D eigenvalue weighted by Gasteiger charge is 2.36. The van der Waals surface area contributed by atoms with Crippen molar-refractivity contribution in [3.05, 3.63) is 0 Å². The first-order valence-electron chi connectivity index (χ1n) is 4.73. The van der Waals surface area contributed by atoms with Crippen LogP contribution in [-0.2, 0) is 14.4 Å². The second kappa shape index (κ2) is 3.46. The van der Waals surface area contributed by atoms with Gasteiger partial charge in [-0.1, -0.05) is 0 Å². The minimum Gasteiger partial charge on any atom is -0.300 e. The summed E-state index contributed by atoms with van der Waals surface area (Å²) in [6.07, 6.45) is 2.86. The molecule has 4 nitrogen and oxygen atoms in total. The SMILES string of the molecule is O=C1CC(C(=O)N2CCCCO2)C1. The van der Waals surface area contributed by atoms with Gasteiger partial charge in [0.1, 0.15) is 5.78 Å². The average molecular weight is 183 g/mol. The number of hydrogen-bond donors (Lipinski definition) is 0. The Morgan fingerprint density at radius 3 is 2.69 bits per heavy atom. The molecule has 13 heavy (non-hydrogen) atoms. The zero-order valence-corrected chi connectivity index (χ0v) is 7.49. The fourth-order valence-electron chi connectivity index (χ4n) is 1.64. The van der Waals surface area contributed by atoms with E-state index in [1.165, 1.54) is 5.06 Å². The van der Waals surface area contributed by atoms with Crippen molar-refractivity contribution in [1.29, 1.82) is 0 Å². The van der Waals surface area contributed by atoms with Crippen molar-refractivity contribution >= 4 is 11.7 Å². The molecule has 1 aliphatic carbocycles. The summed E-state index contributed by atoms with van der Waals surface area (Å²) in [5.74, 6) is 0.0975. The van der Waals surface area contributed by atoms with Gasteiger partial charge in [0, 0.05) is 19.4 Å². The molecule has 0 bridgehead atoms. The van der Waals surface area contributed by atoms with Gasteiger partial charge in [0.25, 0.3) is 0 Å². The lowest BCUT2D eigenvalue weighted by Crippen LogP contribution is -2.44. The summed E-state index contributed by atoms with van der Waals surface area (Å²) in [6.45, 7) is 1.32. The predicted octanol–water partition coefficient (Wildman–Crippen LogP) is 0.520. The topological polar surface area (TPSA) is 46.6 Å². The Hall–Kier alpha value is -0.900. The number of carbonyl (C=O) groups is 2. The van der Waals surface area contributed by atoms with E-state index >= 15 is 0 Å². The van der Waals surface area contributed by atoms with Crippen LogP contribution in [0.1, 0.15) is 25.7 Å². The van der Waals surface area contributed by atoms with E-state index in [1.807, 2.05) is 0 Å². The van der Waals surface area contributed by atoms with Crippen LogP contribution in [0.25, 0.3) is 0 Å². The fraction of sp³-hybridized carbons (Fsp3) is 0.778. The molecule has 0 aromatic rings. The second-order valence-corrected chi connectivity index (χ2v) is 3.62. The minimum absolute atomic E-state index is 0.000648. The maximum Gasteiger partial charge on any atom is 0.250 e. The molecule has 1 saturated heterocycles. The minimum atomic E-state index is -0.0920. The summed E-state index contributed by atoms with van der Waals surface area (Å²) >= 11 is 0. The zero-order chi connectivity index (χ0) is 9.26. The van der Waals surface area contributed by atoms with Gasteiger partial charge < -0.3 is 0 Å². The van der Waals surface area contributed by atoms with Gasteiger partial charge in [0.15, 0.2) is 0 Å². The molecule has 0 spiro atoms. The summed E-state index contributed by atoms with van der Waals surface area (Å²) in [6, 6.07) is 0. The highest BCUT2D eigenvalue weighted by Crippen LogP contribution is 2.25. The van der Waals surface area contributed by atoms with Gasteiger partial charge in [-0.2, -0.15) is 0 Å². The normalized spacial score (nSPS) is 24.3. The van der Waals surface area contributed by atoms with Gasteiger partial charge in [-0.3, -0.25) is 14.4 Å². The molecule has 2 rings (SSSR count). The number of Topliss-reactive ketones (excluding diaryl/α,β-unsaturated/α-hetero) is 1. The monoisotopic (exact) mass is 183 g/mol. The van der Waals surface area contributed by atoms with Crippen molar-refractivity contribution < 1.29 is 14.4 Å². The molecule has 0 atom stereocenters. The van der Waals surface area contributed by atoms with E-state index in [2.05, 4.69) is 0 Å². The third-order valence-corrected chi connectivity index (χ3v) is 2.55. The van der Waals surface area contributed by atoms with Crippen molar-refractivity contribution in [2.45, 2.75) is 25.7 Å². The van der Waals surface area contributed by atoms with Crippen LogP contribution in [0, 0.1) is 5.92 Å². The third kappa shape index (κ3) is 1.72. The van der Waals surface area contributed by atoms with E-state index in [4.69, 9.17) is 4.84 Å². The molecule has 0 aromatic carbocycles. The first kappa shape index (κ1) is 8.69. The number of hydroxylamine groups is 2. The Bertz CT molecular complexity index is 225. The lowest BCUT2D eigenvalue weighted by Gasteiger charge is -2.32. The Labute approximate surface area is 76.8 Å². The zero-order valence-electron chi connectivity index (χ0n) is 7.49. The van der Waals surface area contributed by atoms with Gasteiger partial charge in [0.05, 0.1) is 12.5 Å². The molecule has 0 N–H and O–H groups in total. The van der Waals surface area contributed by atoms with Gasteiger partial charge >= 0.3 is 0 Å². The molecule has 2 fully saturated rings. The van der Waals surface area contributed by atoms with Crippen LogP contribution in [0.3, 0.4) is 0 Å². The van der Waals surface area contributed by atoms with Crippen LogP contribution < -0.4 is 0 Å². The summed E-state index contributed by atoms with van der Waals surface area (Å²) in [5.41, 5.74) is 0. The Balaban J connectivity index is 1.85. The molecule has 0 aromatic heterocycles.